The molecule has 6 N–H and O–H groups in total. The third-order valence-corrected chi connectivity index (χ3v) is 3.30. The first-order chi connectivity index (χ1) is 8.63. The number of hydrogen-bond acceptors (Lipinski definition) is 3. The smallest absolute Gasteiger partial charge is 0.316 e. The van der Waals surface area contributed by atoms with Gasteiger partial charge in [0.1, 0.15) is 0 Å². The molecule has 1 aliphatic rings. The number of benzene rings is 1. The first kappa shape index (κ1) is 12.7. The Hall–Kier alpha value is -1.75. The number of carbonyl (C=O) groups excluding carboxylic acids is 1. The molecule has 0 atom stereocenters. The summed E-state index contributed by atoms with van der Waals surface area (Å²) in [5, 5.41) is 6.02. The van der Waals surface area contributed by atoms with Crippen LogP contribution in [0.15, 0.2) is 24.3 Å². The van der Waals surface area contributed by atoms with Crippen LogP contribution in [0.3, 0.4) is 0 Å². The van der Waals surface area contributed by atoms with Crippen LogP contribution in [0.4, 0.5) is 16.2 Å². The van der Waals surface area contributed by atoms with Gasteiger partial charge in [0, 0.05) is 23.5 Å². The summed E-state index contributed by atoms with van der Waals surface area (Å²) in [6.07, 6.45) is 4.39. The van der Waals surface area contributed by atoms with Gasteiger partial charge in [-0.3, -0.25) is 0 Å². The van der Waals surface area contributed by atoms with E-state index in [0.29, 0.717) is 17.8 Å². The maximum atomic E-state index is 10.7. The lowest BCUT2D eigenvalue weighted by molar-refractivity contribution is 0.259. The van der Waals surface area contributed by atoms with Crippen molar-refractivity contribution in [3.8, 4) is 0 Å². The number of hydrogen-bond donors (Lipinski definition) is 4. The second-order valence-electron chi connectivity index (χ2n) is 4.82. The van der Waals surface area contributed by atoms with Crippen LogP contribution in [0.2, 0.25) is 0 Å². The average Bonchev–Trinajstić information content (AvgIpc) is 2.34. The number of amides is 2. The maximum absolute atomic E-state index is 10.7. The van der Waals surface area contributed by atoms with Crippen LogP contribution in [-0.2, 0) is 0 Å². The molecule has 1 aliphatic carbocycles. The van der Waals surface area contributed by atoms with Gasteiger partial charge >= 0.3 is 6.03 Å². The van der Waals surface area contributed by atoms with Gasteiger partial charge in [0.15, 0.2) is 0 Å². The van der Waals surface area contributed by atoms with Crippen molar-refractivity contribution >= 4 is 17.4 Å². The van der Waals surface area contributed by atoms with Gasteiger partial charge in [0.2, 0.25) is 0 Å². The van der Waals surface area contributed by atoms with Gasteiger partial charge in [-0.25, -0.2) is 4.79 Å². The summed E-state index contributed by atoms with van der Waals surface area (Å²) in [5.41, 5.74) is 12.7. The molecular weight excluding hydrogens is 228 g/mol. The molecule has 0 heterocycles. The van der Waals surface area contributed by atoms with Crippen molar-refractivity contribution in [3.63, 3.8) is 0 Å². The maximum Gasteiger partial charge on any atom is 0.316 e. The van der Waals surface area contributed by atoms with E-state index in [1.807, 2.05) is 24.3 Å². The minimum Gasteiger partial charge on any atom is -0.382 e. The highest BCUT2D eigenvalue weighted by molar-refractivity contribution is 5.87. The van der Waals surface area contributed by atoms with Crippen molar-refractivity contribution in [2.75, 3.05) is 10.6 Å². The van der Waals surface area contributed by atoms with Crippen LogP contribution in [0.25, 0.3) is 0 Å². The molecule has 1 saturated carbocycles. The molecule has 1 aromatic rings. The SMILES string of the molecule is NC(=O)Nc1ccc(NC2CCC(N)CC2)cc1. The largest absolute Gasteiger partial charge is 0.382 e. The van der Waals surface area contributed by atoms with E-state index < -0.39 is 6.03 Å². The minimum absolute atomic E-state index is 0.366. The van der Waals surface area contributed by atoms with E-state index in [-0.39, 0.29) is 0 Å². The van der Waals surface area contributed by atoms with E-state index in [0.717, 1.165) is 31.4 Å². The first-order valence-electron chi connectivity index (χ1n) is 6.32. The number of carbonyl (C=O) groups is 1. The molecule has 5 nitrogen and oxygen atoms in total. The Morgan fingerprint density at radius 1 is 1.06 bits per heavy atom. The molecular formula is C13H20N4O. The van der Waals surface area contributed by atoms with Gasteiger partial charge in [-0.15, -0.1) is 0 Å². The Kier molecular flexibility index (Phi) is 4.04. The number of nitrogens with one attached hydrogen (secondary N) is 2. The quantitative estimate of drug-likeness (QED) is 0.657. The fourth-order valence-corrected chi connectivity index (χ4v) is 2.29. The highest BCUT2D eigenvalue weighted by atomic mass is 16.2. The predicted molar refractivity (Wildman–Crippen MR) is 73.5 cm³/mol. The van der Waals surface area contributed by atoms with E-state index in [9.17, 15) is 4.79 Å². The Morgan fingerprint density at radius 2 is 1.61 bits per heavy atom. The Bertz CT molecular complexity index is 396. The van der Waals surface area contributed by atoms with Gasteiger partial charge in [-0.2, -0.15) is 0 Å². The third kappa shape index (κ3) is 3.63. The van der Waals surface area contributed by atoms with Crippen molar-refractivity contribution in [2.45, 2.75) is 37.8 Å². The van der Waals surface area contributed by atoms with Gasteiger partial charge in [-0.1, -0.05) is 0 Å². The molecule has 18 heavy (non-hydrogen) atoms. The molecule has 0 aliphatic heterocycles. The first-order valence-corrected chi connectivity index (χ1v) is 6.32. The fraction of sp³-hybridized carbons (Fsp3) is 0.462. The van der Waals surface area contributed by atoms with Crippen LogP contribution < -0.4 is 22.1 Å². The van der Waals surface area contributed by atoms with Crippen molar-refractivity contribution < 1.29 is 4.79 Å². The summed E-state index contributed by atoms with van der Waals surface area (Å²) in [6.45, 7) is 0. The monoisotopic (exact) mass is 248 g/mol. The molecule has 1 fully saturated rings. The number of nitrogens with two attached hydrogens (primary N) is 2. The summed E-state index contributed by atoms with van der Waals surface area (Å²) < 4.78 is 0. The normalized spacial score (nSPS) is 23.4. The summed E-state index contributed by atoms with van der Waals surface area (Å²) in [5.74, 6) is 0. The standard InChI is InChI=1S/C13H20N4O/c14-9-1-3-10(4-2-9)16-11-5-7-12(8-6-11)17-13(15)18/h5-10,16H,1-4,14H2,(H3,15,17,18). The zero-order valence-corrected chi connectivity index (χ0v) is 10.4. The molecule has 2 rings (SSSR count). The average molecular weight is 248 g/mol. The van der Waals surface area contributed by atoms with Crippen LogP contribution in [0.1, 0.15) is 25.7 Å². The lowest BCUT2D eigenvalue weighted by Gasteiger charge is -2.27. The molecule has 0 radical (unpaired) electrons. The van der Waals surface area contributed by atoms with E-state index in [1.165, 1.54) is 0 Å². The Balaban J connectivity index is 1.88. The second kappa shape index (κ2) is 5.73. The minimum atomic E-state index is -0.544. The molecule has 5 heteroatoms. The van der Waals surface area contributed by atoms with E-state index in [4.69, 9.17) is 11.5 Å². The summed E-state index contributed by atoms with van der Waals surface area (Å²) in [4.78, 5) is 10.7. The number of urea groups is 1. The van der Waals surface area contributed by atoms with E-state index in [1.54, 1.807) is 0 Å². The molecule has 98 valence electrons. The molecule has 0 saturated heterocycles. The lowest BCUT2D eigenvalue weighted by atomic mass is 9.92. The molecule has 2 amide bonds. The summed E-state index contributed by atoms with van der Waals surface area (Å²) >= 11 is 0. The van der Waals surface area contributed by atoms with Gasteiger partial charge in [-0.05, 0) is 49.9 Å². The molecule has 0 spiro atoms. The van der Waals surface area contributed by atoms with Gasteiger partial charge in [0.05, 0.1) is 0 Å². The van der Waals surface area contributed by atoms with Crippen LogP contribution in [0, 0.1) is 0 Å². The van der Waals surface area contributed by atoms with Gasteiger partial charge < -0.3 is 22.1 Å². The van der Waals surface area contributed by atoms with Crippen molar-refractivity contribution in [1.82, 2.24) is 0 Å². The highest BCUT2D eigenvalue weighted by Crippen LogP contribution is 2.22. The Labute approximate surface area is 107 Å². The lowest BCUT2D eigenvalue weighted by Crippen LogP contribution is -2.32. The zero-order valence-electron chi connectivity index (χ0n) is 10.4. The summed E-state index contributed by atoms with van der Waals surface area (Å²) in [6, 6.07) is 7.88. The fourth-order valence-electron chi connectivity index (χ4n) is 2.29. The van der Waals surface area contributed by atoms with Crippen LogP contribution in [0.5, 0.6) is 0 Å². The van der Waals surface area contributed by atoms with E-state index >= 15 is 0 Å². The third-order valence-electron chi connectivity index (χ3n) is 3.30. The van der Waals surface area contributed by atoms with Crippen molar-refractivity contribution in [1.29, 1.82) is 0 Å². The highest BCUT2D eigenvalue weighted by Gasteiger charge is 2.17. The zero-order chi connectivity index (χ0) is 13.0. The van der Waals surface area contributed by atoms with Crippen molar-refractivity contribution in [2.24, 2.45) is 11.5 Å². The van der Waals surface area contributed by atoms with Crippen LogP contribution in [-0.4, -0.2) is 18.1 Å². The molecule has 0 aromatic heterocycles. The van der Waals surface area contributed by atoms with Crippen LogP contribution >= 0.6 is 0 Å². The van der Waals surface area contributed by atoms with Gasteiger partial charge in [0.25, 0.3) is 0 Å². The number of rotatable bonds is 3. The number of primary amides is 1. The molecule has 1 aromatic carbocycles. The van der Waals surface area contributed by atoms with Crippen molar-refractivity contribution in [3.05, 3.63) is 24.3 Å². The predicted octanol–water partition coefficient (Wildman–Crippen LogP) is 1.86. The molecule has 0 unspecified atom stereocenters. The Morgan fingerprint density at radius 3 is 2.17 bits per heavy atom. The van der Waals surface area contributed by atoms with E-state index in [2.05, 4.69) is 10.6 Å². The molecule has 0 bridgehead atoms. The second-order valence-corrected chi connectivity index (χ2v) is 4.82. The summed E-state index contributed by atoms with van der Waals surface area (Å²) in [7, 11) is 0. The topological polar surface area (TPSA) is 93.2 Å². The number of anilines is 2.